The van der Waals surface area contributed by atoms with Crippen molar-refractivity contribution in [3.63, 3.8) is 0 Å². The maximum atomic E-state index is 12.2. The summed E-state index contributed by atoms with van der Waals surface area (Å²) < 4.78 is 21.2. The summed E-state index contributed by atoms with van der Waals surface area (Å²) >= 11 is 0. The lowest BCUT2D eigenvalue weighted by Gasteiger charge is -2.10. The monoisotopic (exact) mass is 397 g/mol. The fraction of sp³-hybridized carbons (Fsp3) is 0.286. The Labute approximate surface area is 168 Å². The number of methoxy groups -OCH3 is 2. The van der Waals surface area contributed by atoms with Gasteiger partial charge in [0.2, 0.25) is 0 Å². The Morgan fingerprint density at radius 1 is 1.03 bits per heavy atom. The van der Waals surface area contributed by atoms with Crippen molar-refractivity contribution in [2.75, 3.05) is 26.1 Å². The first-order valence-corrected chi connectivity index (χ1v) is 9.08. The van der Waals surface area contributed by atoms with Gasteiger partial charge in [0.1, 0.15) is 17.2 Å². The van der Waals surface area contributed by atoms with Gasteiger partial charge in [-0.3, -0.25) is 4.79 Å². The Morgan fingerprint density at radius 3 is 2.24 bits per heavy atom. The first-order chi connectivity index (χ1) is 14.0. The van der Waals surface area contributed by atoms with E-state index >= 15 is 0 Å². The van der Waals surface area contributed by atoms with Gasteiger partial charge >= 0.3 is 0 Å². The summed E-state index contributed by atoms with van der Waals surface area (Å²) in [4.78, 5) is 16.5. The Balaban J connectivity index is 1.57. The molecule has 0 saturated heterocycles. The maximum Gasteiger partial charge on any atom is 0.262 e. The number of nitrogens with zero attached hydrogens (tertiary/aromatic N) is 2. The van der Waals surface area contributed by atoms with Crippen molar-refractivity contribution in [2.45, 2.75) is 19.8 Å². The van der Waals surface area contributed by atoms with Crippen molar-refractivity contribution < 1.29 is 23.5 Å². The van der Waals surface area contributed by atoms with Gasteiger partial charge < -0.3 is 24.1 Å². The van der Waals surface area contributed by atoms with E-state index in [4.69, 9.17) is 18.7 Å². The van der Waals surface area contributed by atoms with Crippen molar-refractivity contribution in [2.24, 2.45) is 0 Å². The molecule has 0 aliphatic rings. The second kappa shape index (κ2) is 9.09. The molecule has 0 spiro atoms. The molecule has 0 bridgehead atoms. The molecule has 0 aliphatic carbocycles. The SMILES string of the molecule is COc1cc(NC(=O)COc2ccc(-c3nc(C(C)C)no3)cc2)cc(OC)c1. The third-order valence-electron chi connectivity index (χ3n) is 4.06. The van der Waals surface area contributed by atoms with Crippen LogP contribution in [-0.4, -0.2) is 36.9 Å². The summed E-state index contributed by atoms with van der Waals surface area (Å²) in [5.41, 5.74) is 1.34. The molecule has 152 valence electrons. The van der Waals surface area contributed by atoms with Gasteiger partial charge in [-0.05, 0) is 24.3 Å². The first kappa shape index (κ1) is 20.2. The van der Waals surface area contributed by atoms with Crippen LogP contribution >= 0.6 is 0 Å². The van der Waals surface area contributed by atoms with Gasteiger partial charge in [0.05, 0.1) is 14.2 Å². The van der Waals surface area contributed by atoms with E-state index in [0.717, 1.165) is 5.56 Å². The zero-order valence-corrected chi connectivity index (χ0v) is 16.8. The highest BCUT2D eigenvalue weighted by atomic mass is 16.5. The van der Waals surface area contributed by atoms with Crippen LogP contribution in [-0.2, 0) is 4.79 Å². The van der Waals surface area contributed by atoms with Crippen LogP contribution in [0.25, 0.3) is 11.5 Å². The summed E-state index contributed by atoms with van der Waals surface area (Å²) in [7, 11) is 3.09. The lowest BCUT2D eigenvalue weighted by Crippen LogP contribution is -2.20. The lowest BCUT2D eigenvalue weighted by molar-refractivity contribution is -0.118. The van der Waals surface area contributed by atoms with E-state index in [1.165, 1.54) is 0 Å². The molecule has 0 fully saturated rings. The molecular formula is C21H23N3O5. The molecule has 8 nitrogen and oxygen atoms in total. The number of aromatic nitrogens is 2. The molecule has 0 aliphatic heterocycles. The van der Waals surface area contributed by atoms with Crippen LogP contribution in [0.2, 0.25) is 0 Å². The van der Waals surface area contributed by atoms with Gasteiger partial charge in [-0.1, -0.05) is 19.0 Å². The van der Waals surface area contributed by atoms with Crippen molar-refractivity contribution in [3.8, 4) is 28.7 Å². The summed E-state index contributed by atoms with van der Waals surface area (Å²) in [5, 5.41) is 6.71. The van der Waals surface area contributed by atoms with Gasteiger partial charge in [0.15, 0.2) is 12.4 Å². The molecule has 1 N–H and O–H groups in total. The van der Waals surface area contributed by atoms with Gasteiger partial charge in [-0.25, -0.2) is 0 Å². The van der Waals surface area contributed by atoms with E-state index in [0.29, 0.717) is 34.7 Å². The third kappa shape index (κ3) is 5.25. The molecule has 1 heterocycles. The van der Waals surface area contributed by atoms with Gasteiger partial charge in [0.25, 0.3) is 11.8 Å². The van der Waals surface area contributed by atoms with E-state index < -0.39 is 0 Å². The largest absolute Gasteiger partial charge is 0.497 e. The van der Waals surface area contributed by atoms with Crippen molar-refractivity contribution >= 4 is 11.6 Å². The van der Waals surface area contributed by atoms with Crippen molar-refractivity contribution in [3.05, 3.63) is 48.3 Å². The molecule has 29 heavy (non-hydrogen) atoms. The number of hydrogen-bond acceptors (Lipinski definition) is 7. The number of rotatable bonds is 8. The lowest BCUT2D eigenvalue weighted by atomic mass is 10.2. The fourth-order valence-electron chi connectivity index (χ4n) is 2.51. The predicted molar refractivity (Wildman–Crippen MR) is 107 cm³/mol. The van der Waals surface area contributed by atoms with Crippen LogP contribution in [0, 0.1) is 0 Å². The molecule has 0 unspecified atom stereocenters. The first-order valence-electron chi connectivity index (χ1n) is 9.08. The maximum absolute atomic E-state index is 12.2. The fourth-order valence-corrected chi connectivity index (χ4v) is 2.51. The summed E-state index contributed by atoms with van der Waals surface area (Å²) in [5.74, 6) is 2.71. The van der Waals surface area contributed by atoms with Gasteiger partial charge in [0, 0.05) is 35.4 Å². The van der Waals surface area contributed by atoms with Crippen LogP contribution in [0.4, 0.5) is 5.69 Å². The molecule has 8 heteroatoms. The Morgan fingerprint density at radius 2 is 1.69 bits per heavy atom. The number of anilines is 1. The highest BCUT2D eigenvalue weighted by molar-refractivity contribution is 5.92. The highest BCUT2D eigenvalue weighted by Crippen LogP contribution is 2.26. The number of carbonyl (C=O) groups is 1. The molecule has 1 amide bonds. The molecular weight excluding hydrogens is 374 g/mol. The molecule has 0 atom stereocenters. The van der Waals surface area contributed by atoms with E-state index in [1.54, 1.807) is 56.7 Å². The van der Waals surface area contributed by atoms with E-state index in [9.17, 15) is 4.79 Å². The van der Waals surface area contributed by atoms with E-state index in [1.807, 2.05) is 13.8 Å². The number of ether oxygens (including phenoxy) is 3. The third-order valence-corrected chi connectivity index (χ3v) is 4.06. The van der Waals surface area contributed by atoms with Crippen LogP contribution in [0.5, 0.6) is 17.2 Å². The smallest absolute Gasteiger partial charge is 0.262 e. The van der Waals surface area contributed by atoms with E-state index in [2.05, 4.69) is 15.5 Å². The summed E-state index contributed by atoms with van der Waals surface area (Å²) in [6.45, 7) is 3.85. The Bertz CT molecular complexity index is 944. The molecule has 0 saturated carbocycles. The van der Waals surface area contributed by atoms with Crippen molar-refractivity contribution in [1.82, 2.24) is 10.1 Å². The van der Waals surface area contributed by atoms with Crippen LogP contribution in [0.3, 0.4) is 0 Å². The minimum atomic E-state index is -0.303. The standard InChI is InChI=1S/C21H23N3O5/c1-13(2)20-23-21(29-24-20)14-5-7-16(8-6-14)28-12-19(25)22-15-9-17(26-3)11-18(10-15)27-4/h5-11,13H,12H2,1-4H3,(H,22,25). The number of benzene rings is 2. The predicted octanol–water partition coefficient (Wildman–Crippen LogP) is 3.89. The molecule has 2 aromatic carbocycles. The minimum Gasteiger partial charge on any atom is -0.497 e. The van der Waals surface area contributed by atoms with Crippen molar-refractivity contribution in [1.29, 1.82) is 0 Å². The Hall–Kier alpha value is -3.55. The van der Waals surface area contributed by atoms with Crippen LogP contribution in [0.15, 0.2) is 47.0 Å². The molecule has 1 aromatic heterocycles. The topological polar surface area (TPSA) is 95.7 Å². The van der Waals surface area contributed by atoms with Crippen LogP contribution in [0.1, 0.15) is 25.6 Å². The zero-order valence-electron chi connectivity index (χ0n) is 16.8. The molecule has 3 aromatic rings. The van der Waals surface area contributed by atoms with Crippen LogP contribution < -0.4 is 19.5 Å². The summed E-state index contributed by atoms with van der Waals surface area (Å²) in [6, 6.07) is 12.2. The highest BCUT2D eigenvalue weighted by Gasteiger charge is 2.12. The second-order valence-electron chi connectivity index (χ2n) is 6.57. The number of carbonyl (C=O) groups excluding carboxylic acids is 1. The zero-order chi connectivity index (χ0) is 20.8. The quantitative estimate of drug-likeness (QED) is 0.616. The molecule has 0 radical (unpaired) electrons. The van der Waals surface area contributed by atoms with Gasteiger partial charge in [-0.15, -0.1) is 0 Å². The van der Waals surface area contributed by atoms with E-state index in [-0.39, 0.29) is 18.4 Å². The average molecular weight is 397 g/mol. The Kier molecular flexibility index (Phi) is 6.33. The normalized spacial score (nSPS) is 10.7. The number of hydrogen-bond donors (Lipinski definition) is 1. The average Bonchev–Trinajstić information content (AvgIpc) is 3.23. The number of amides is 1. The second-order valence-corrected chi connectivity index (χ2v) is 6.57. The molecule has 3 rings (SSSR count). The number of nitrogens with one attached hydrogen (secondary N) is 1. The van der Waals surface area contributed by atoms with Gasteiger partial charge in [-0.2, -0.15) is 4.98 Å². The minimum absolute atomic E-state index is 0.142. The summed E-state index contributed by atoms with van der Waals surface area (Å²) in [6.07, 6.45) is 0.